The molecule has 1 aromatic heterocycles. The van der Waals surface area contributed by atoms with Gasteiger partial charge in [-0.15, -0.1) is 0 Å². The number of nitrogens with two attached hydrogens (primary N) is 1. The molecule has 0 aliphatic rings. The lowest BCUT2D eigenvalue weighted by Gasteiger charge is -2.09. The standard InChI is InChI=1S/C16H15N3O2/c1-20-12-6-4-5-11(9-12)10-21-15-13-7-2-3-8-14(13)18-16(17)19-15/h2-9H,10H2,1H3,(H2,17,18,19). The molecule has 0 unspecified atom stereocenters. The number of aromatic nitrogens is 2. The van der Waals surface area contributed by atoms with Crippen molar-refractivity contribution in [2.45, 2.75) is 6.61 Å². The van der Waals surface area contributed by atoms with Crippen molar-refractivity contribution in [3.05, 3.63) is 54.1 Å². The topological polar surface area (TPSA) is 70.3 Å². The van der Waals surface area contributed by atoms with Crippen molar-refractivity contribution in [3.63, 3.8) is 0 Å². The van der Waals surface area contributed by atoms with Crippen molar-refractivity contribution in [3.8, 4) is 11.6 Å². The predicted octanol–water partition coefficient (Wildman–Crippen LogP) is 2.80. The Bertz CT molecular complexity index is 774. The molecule has 1 heterocycles. The van der Waals surface area contributed by atoms with Gasteiger partial charge in [-0.3, -0.25) is 0 Å². The Morgan fingerprint density at radius 1 is 1.05 bits per heavy atom. The number of nitrogens with zero attached hydrogens (tertiary/aromatic N) is 2. The molecule has 106 valence electrons. The summed E-state index contributed by atoms with van der Waals surface area (Å²) in [7, 11) is 1.64. The molecule has 2 N–H and O–H groups in total. The van der Waals surface area contributed by atoms with Gasteiger partial charge in [-0.2, -0.15) is 4.98 Å². The highest BCUT2D eigenvalue weighted by molar-refractivity contribution is 5.84. The Labute approximate surface area is 122 Å². The lowest BCUT2D eigenvalue weighted by Crippen LogP contribution is -2.02. The van der Waals surface area contributed by atoms with Gasteiger partial charge >= 0.3 is 0 Å². The Hall–Kier alpha value is -2.82. The highest BCUT2D eigenvalue weighted by Crippen LogP contribution is 2.24. The Balaban J connectivity index is 1.87. The average Bonchev–Trinajstić information content (AvgIpc) is 2.52. The fourth-order valence-corrected chi connectivity index (χ4v) is 2.09. The number of ether oxygens (including phenoxy) is 2. The van der Waals surface area contributed by atoms with Crippen LogP contribution in [0.2, 0.25) is 0 Å². The molecule has 5 heteroatoms. The lowest BCUT2D eigenvalue weighted by molar-refractivity contribution is 0.297. The Morgan fingerprint density at radius 2 is 1.90 bits per heavy atom. The molecule has 0 aliphatic carbocycles. The summed E-state index contributed by atoms with van der Waals surface area (Å²) >= 11 is 0. The Morgan fingerprint density at radius 3 is 2.76 bits per heavy atom. The van der Waals surface area contributed by atoms with E-state index in [4.69, 9.17) is 15.2 Å². The summed E-state index contributed by atoms with van der Waals surface area (Å²) in [6.45, 7) is 0.387. The van der Waals surface area contributed by atoms with E-state index in [1.54, 1.807) is 7.11 Å². The van der Waals surface area contributed by atoms with Crippen LogP contribution in [0.4, 0.5) is 5.95 Å². The van der Waals surface area contributed by atoms with E-state index >= 15 is 0 Å². The fourth-order valence-electron chi connectivity index (χ4n) is 2.09. The zero-order valence-corrected chi connectivity index (χ0v) is 11.6. The molecular weight excluding hydrogens is 266 g/mol. The van der Waals surface area contributed by atoms with Crippen molar-refractivity contribution in [2.75, 3.05) is 12.8 Å². The smallest absolute Gasteiger partial charge is 0.226 e. The fraction of sp³-hybridized carbons (Fsp3) is 0.125. The highest BCUT2D eigenvalue weighted by atomic mass is 16.5. The molecular formula is C16H15N3O2. The molecule has 0 aliphatic heterocycles. The summed E-state index contributed by atoms with van der Waals surface area (Å²) in [6.07, 6.45) is 0. The number of anilines is 1. The van der Waals surface area contributed by atoms with Crippen LogP contribution in [0, 0.1) is 0 Å². The van der Waals surface area contributed by atoms with Gasteiger partial charge < -0.3 is 15.2 Å². The quantitative estimate of drug-likeness (QED) is 0.796. The third-order valence-corrected chi connectivity index (χ3v) is 3.10. The number of rotatable bonds is 4. The van der Waals surface area contributed by atoms with Gasteiger partial charge in [-0.1, -0.05) is 24.3 Å². The van der Waals surface area contributed by atoms with E-state index in [1.165, 1.54) is 0 Å². The van der Waals surface area contributed by atoms with Gasteiger partial charge in [0.1, 0.15) is 12.4 Å². The SMILES string of the molecule is COc1cccc(COc2nc(N)nc3ccccc23)c1. The molecule has 0 saturated carbocycles. The van der Waals surface area contributed by atoms with Crippen LogP contribution in [0.1, 0.15) is 5.56 Å². The maximum atomic E-state index is 5.80. The second-order valence-electron chi connectivity index (χ2n) is 4.54. The summed E-state index contributed by atoms with van der Waals surface area (Å²) in [5, 5.41) is 0.842. The van der Waals surface area contributed by atoms with Gasteiger partial charge in [0.05, 0.1) is 18.0 Å². The molecule has 0 fully saturated rings. The second-order valence-corrected chi connectivity index (χ2v) is 4.54. The zero-order chi connectivity index (χ0) is 14.7. The third kappa shape index (κ3) is 2.86. The van der Waals surface area contributed by atoms with Crippen LogP contribution in [0.15, 0.2) is 48.5 Å². The van der Waals surface area contributed by atoms with Crippen molar-refractivity contribution >= 4 is 16.9 Å². The molecule has 0 amide bonds. The number of methoxy groups -OCH3 is 1. The molecule has 0 bridgehead atoms. The molecule has 5 nitrogen and oxygen atoms in total. The average molecular weight is 281 g/mol. The van der Waals surface area contributed by atoms with E-state index < -0.39 is 0 Å². The molecule has 0 saturated heterocycles. The number of fused-ring (bicyclic) bond motifs is 1. The zero-order valence-electron chi connectivity index (χ0n) is 11.6. The maximum absolute atomic E-state index is 5.80. The van der Waals surface area contributed by atoms with Crippen LogP contribution in [0.25, 0.3) is 10.9 Å². The van der Waals surface area contributed by atoms with Crippen LogP contribution in [-0.4, -0.2) is 17.1 Å². The van der Waals surface area contributed by atoms with Crippen LogP contribution < -0.4 is 15.2 Å². The molecule has 0 spiro atoms. The first-order chi connectivity index (χ1) is 10.3. The molecule has 0 radical (unpaired) electrons. The third-order valence-electron chi connectivity index (χ3n) is 3.10. The van der Waals surface area contributed by atoms with Crippen LogP contribution in [-0.2, 0) is 6.61 Å². The van der Waals surface area contributed by atoms with E-state index in [0.29, 0.717) is 12.5 Å². The van der Waals surface area contributed by atoms with Gasteiger partial charge in [0, 0.05) is 0 Å². The first kappa shape index (κ1) is 13.2. The largest absolute Gasteiger partial charge is 0.497 e. The number of hydrogen-bond donors (Lipinski definition) is 1. The van der Waals surface area contributed by atoms with Crippen molar-refractivity contribution < 1.29 is 9.47 Å². The molecule has 3 rings (SSSR count). The van der Waals surface area contributed by atoms with Crippen LogP contribution >= 0.6 is 0 Å². The van der Waals surface area contributed by atoms with E-state index in [9.17, 15) is 0 Å². The highest BCUT2D eigenvalue weighted by Gasteiger charge is 2.07. The minimum absolute atomic E-state index is 0.203. The second kappa shape index (κ2) is 5.66. The van der Waals surface area contributed by atoms with Crippen LogP contribution in [0.3, 0.4) is 0 Å². The van der Waals surface area contributed by atoms with Gasteiger partial charge in [0.2, 0.25) is 11.8 Å². The van der Waals surface area contributed by atoms with Crippen LogP contribution in [0.5, 0.6) is 11.6 Å². The normalized spacial score (nSPS) is 10.5. The molecule has 21 heavy (non-hydrogen) atoms. The number of hydrogen-bond acceptors (Lipinski definition) is 5. The van der Waals surface area contributed by atoms with E-state index in [0.717, 1.165) is 22.2 Å². The predicted molar refractivity (Wildman–Crippen MR) is 81.3 cm³/mol. The number of benzene rings is 2. The summed E-state index contributed by atoms with van der Waals surface area (Å²) in [6, 6.07) is 15.3. The summed E-state index contributed by atoms with van der Waals surface area (Å²) in [4.78, 5) is 8.36. The lowest BCUT2D eigenvalue weighted by atomic mass is 10.2. The first-order valence-corrected chi connectivity index (χ1v) is 6.54. The summed E-state index contributed by atoms with van der Waals surface area (Å²) < 4.78 is 11.0. The Kier molecular flexibility index (Phi) is 3.55. The molecule has 3 aromatic rings. The van der Waals surface area contributed by atoms with Gasteiger partial charge in [0.15, 0.2) is 0 Å². The maximum Gasteiger partial charge on any atom is 0.226 e. The van der Waals surface area contributed by atoms with Gasteiger partial charge in [-0.05, 0) is 29.8 Å². The minimum Gasteiger partial charge on any atom is -0.497 e. The number of nitrogen functional groups attached to an aromatic ring is 1. The van der Waals surface area contributed by atoms with E-state index in [2.05, 4.69) is 9.97 Å². The minimum atomic E-state index is 0.203. The molecule has 0 atom stereocenters. The summed E-state index contributed by atoms with van der Waals surface area (Å²) in [5.74, 6) is 1.48. The monoisotopic (exact) mass is 281 g/mol. The van der Waals surface area contributed by atoms with Gasteiger partial charge in [0.25, 0.3) is 0 Å². The molecule has 2 aromatic carbocycles. The van der Waals surface area contributed by atoms with Gasteiger partial charge in [-0.25, -0.2) is 4.98 Å². The van der Waals surface area contributed by atoms with Crippen molar-refractivity contribution in [1.29, 1.82) is 0 Å². The van der Waals surface area contributed by atoms with E-state index in [1.807, 2.05) is 48.5 Å². The van der Waals surface area contributed by atoms with Crippen molar-refractivity contribution in [1.82, 2.24) is 9.97 Å². The summed E-state index contributed by atoms with van der Waals surface area (Å²) in [5.41, 5.74) is 7.48. The first-order valence-electron chi connectivity index (χ1n) is 6.54. The van der Waals surface area contributed by atoms with E-state index in [-0.39, 0.29) is 5.95 Å². The number of para-hydroxylation sites is 1. The van der Waals surface area contributed by atoms with Crippen molar-refractivity contribution in [2.24, 2.45) is 0 Å².